The maximum Gasteiger partial charge on any atom is 0.354 e. The fraction of sp³-hybridized carbons (Fsp3) is 0.250. The molecule has 3 rings (SSSR count). The molecule has 4 nitrogen and oxygen atoms in total. The van der Waals surface area contributed by atoms with Crippen molar-refractivity contribution < 1.29 is 9.90 Å². The molecule has 1 saturated heterocycles. The number of nitrogens with zero attached hydrogens (tertiary/aromatic N) is 2. The molecular formula is C16H16N2O2. The van der Waals surface area contributed by atoms with E-state index >= 15 is 0 Å². The molecule has 4 heteroatoms. The van der Waals surface area contributed by atoms with Crippen LogP contribution in [0.15, 0.2) is 42.5 Å². The second-order valence-electron chi connectivity index (χ2n) is 4.96. The fourth-order valence-corrected chi connectivity index (χ4v) is 2.55. The van der Waals surface area contributed by atoms with Gasteiger partial charge in [-0.2, -0.15) is 0 Å². The zero-order valence-electron chi connectivity index (χ0n) is 11.1. The smallest absolute Gasteiger partial charge is 0.354 e. The molecule has 1 N–H and O–H groups in total. The first-order valence-corrected chi connectivity index (χ1v) is 6.80. The van der Waals surface area contributed by atoms with Crippen molar-refractivity contribution in [1.82, 2.24) is 4.98 Å². The number of rotatable bonds is 3. The Morgan fingerprint density at radius 2 is 1.85 bits per heavy atom. The van der Waals surface area contributed by atoms with Gasteiger partial charge in [-0.3, -0.25) is 0 Å². The van der Waals surface area contributed by atoms with Crippen LogP contribution in [0.1, 0.15) is 23.3 Å². The molecule has 1 aromatic heterocycles. The van der Waals surface area contributed by atoms with Crippen molar-refractivity contribution in [2.24, 2.45) is 0 Å². The first-order valence-electron chi connectivity index (χ1n) is 6.80. The molecule has 1 fully saturated rings. The van der Waals surface area contributed by atoms with E-state index in [0.29, 0.717) is 5.69 Å². The summed E-state index contributed by atoms with van der Waals surface area (Å²) in [4.78, 5) is 17.5. The highest BCUT2D eigenvalue weighted by molar-refractivity contribution is 5.86. The lowest BCUT2D eigenvalue weighted by Crippen LogP contribution is -2.17. The molecule has 0 saturated carbocycles. The Labute approximate surface area is 117 Å². The van der Waals surface area contributed by atoms with E-state index in [4.69, 9.17) is 5.11 Å². The van der Waals surface area contributed by atoms with E-state index < -0.39 is 5.97 Å². The number of pyridine rings is 1. The Morgan fingerprint density at radius 1 is 1.10 bits per heavy atom. The van der Waals surface area contributed by atoms with Crippen LogP contribution in [0.4, 0.5) is 5.69 Å². The number of carboxylic acids is 1. The third-order valence-electron chi connectivity index (χ3n) is 3.58. The van der Waals surface area contributed by atoms with Gasteiger partial charge in [-0.05, 0) is 37.1 Å². The van der Waals surface area contributed by atoms with Crippen LogP contribution in [-0.2, 0) is 0 Å². The first kappa shape index (κ1) is 12.7. The third kappa shape index (κ3) is 2.50. The molecule has 0 spiro atoms. The van der Waals surface area contributed by atoms with Gasteiger partial charge in [0.2, 0.25) is 0 Å². The normalized spacial score (nSPS) is 14.5. The SMILES string of the molecule is O=C(O)c1cccc(-c2cccc(N3CCCC3)c2)n1. The molecule has 0 amide bonds. The molecule has 102 valence electrons. The van der Waals surface area contributed by atoms with Crippen molar-refractivity contribution in [3.63, 3.8) is 0 Å². The fourth-order valence-electron chi connectivity index (χ4n) is 2.55. The summed E-state index contributed by atoms with van der Waals surface area (Å²) in [6.07, 6.45) is 2.47. The Morgan fingerprint density at radius 3 is 2.60 bits per heavy atom. The number of hydrogen-bond donors (Lipinski definition) is 1. The highest BCUT2D eigenvalue weighted by atomic mass is 16.4. The van der Waals surface area contributed by atoms with Crippen LogP contribution in [0.3, 0.4) is 0 Å². The minimum atomic E-state index is -0.998. The van der Waals surface area contributed by atoms with Crippen molar-refractivity contribution in [3.8, 4) is 11.3 Å². The Kier molecular flexibility index (Phi) is 3.37. The van der Waals surface area contributed by atoms with Gasteiger partial charge in [0.25, 0.3) is 0 Å². The van der Waals surface area contributed by atoms with E-state index in [9.17, 15) is 4.79 Å². The lowest BCUT2D eigenvalue weighted by molar-refractivity contribution is 0.0690. The molecule has 0 bridgehead atoms. The number of aromatic carboxylic acids is 1. The lowest BCUT2D eigenvalue weighted by Gasteiger charge is -2.18. The van der Waals surface area contributed by atoms with Gasteiger partial charge in [0, 0.05) is 24.3 Å². The molecule has 0 unspecified atom stereocenters. The van der Waals surface area contributed by atoms with E-state index in [1.54, 1.807) is 6.07 Å². The average Bonchev–Trinajstić information content (AvgIpc) is 3.02. The van der Waals surface area contributed by atoms with Gasteiger partial charge in [0.05, 0.1) is 5.69 Å². The zero-order valence-corrected chi connectivity index (χ0v) is 11.1. The average molecular weight is 268 g/mol. The first-order chi connectivity index (χ1) is 9.74. The van der Waals surface area contributed by atoms with Crippen molar-refractivity contribution in [1.29, 1.82) is 0 Å². The summed E-state index contributed by atoms with van der Waals surface area (Å²) in [6, 6.07) is 13.2. The van der Waals surface area contributed by atoms with E-state index in [0.717, 1.165) is 18.7 Å². The van der Waals surface area contributed by atoms with Crippen molar-refractivity contribution >= 4 is 11.7 Å². The van der Waals surface area contributed by atoms with E-state index in [1.165, 1.54) is 24.6 Å². The highest BCUT2D eigenvalue weighted by Crippen LogP contribution is 2.26. The minimum Gasteiger partial charge on any atom is -0.477 e. The summed E-state index contributed by atoms with van der Waals surface area (Å²) in [7, 11) is 0. The van der Waals surface area contributed by atoms with E-state index in [1.807, 2.05) is 18.2 Å². The van der Waals surface area contributed by atoms with Gasteiger partial charge in [0.1, 0.15) is 5.69 Å². The van der Waals surface area contributed by atoms with Crippen LogP contribution in [0.5, 0.6) is 0 Å². The summed E-state index contributed by atoms with van der Waals surface area (Å²) in [5.74, 6) is -0.998. The molecule has 20 heavy (non-hydrogen) atoms. The molecule has 0 aliphatic carbocycles. The molecule has 1 aliphatic rings. The van der Waals surface area contributed by atoms with Gasteiger partial charge in [-0.1, -0.05) is 18.2 Å². The van der Waals surface area contributed by atoms with Crippen LogP contribution in [0, 0.1) is 0 Å². The van der Waals surface area contributed by atoms with Crippen LogP contribution in [0.25, 0.3) is 11.3 Å². The summed E-state index contributed by atoms with van der Waals surface area (Å²) < 4.78 is 0. The second kappa shape index (κ2) is 5.33. The minimum absolute atomic E-state index is 0.0778. The number of benzene rings is 1. The monoisotopic (exact) mass is 268 g/mol. The topological polar surface area (TPSA) is 53.4 Å². The molecule has 1 aromatic carbocycles. The number of carbonyl (C=O) groups is 1. The van der Waals surface area contributed by atoms with Crippen molar-refractivity contribution in [2.75, 3.05) is 18.0 Å². The van der Waals surface area contributed by atoms with Gasteiger partial charge >= 0.3 is 5.97 Å². The number of aromatic nitrogens is 1. The Balaban J connectivity index is 1.95. The van der Waals surface area contributed by atoms with Crippen LogP contribution in [-0.4, -0.2) is 29.1 Å². The Bertz CT molecular complexity index is 634. The maximum absolute atomic E-state index is 11.0. The molecule has 2 aromatic rings. The molecular weight excluding hydrogens is 252 g/mol. The van der Waals surface area contributed by atoms with Gasteiger partial charge < -0.3 is 10.0 Å². The van der Waals surface area contributed by atoms with Gasteiger partial charge in [-0.15, -0.1) is 0 Å². The predicted octanol–water partition coefficient (Wildman–Crippen LogP) is 3.05. The molecule has 1 aliphatic heterocycles. The number of hydrogen-bond acceptors (Lipinski definition) is 3. The molecule has 0 atom stereocenters. The Hall–Kier alpha value is -2.36. The summed E-state index contributed by atoms with van der Waals surface area (Å²) >= 11 is 0. The van der Waals surface area contributed by atoms with Crippen LogP contribution < -0.4 is 4.90 Å². The van der Waals surface area contributed by atoms with E-state index in [-0.39, 0.29) is 5.69 Å². The standard InChI is InChI=1S/C16H16N2O2/c19-16(20)15-8-4-7-14(17-15)12-5-3-6-13(11-12)18-9-1-2-10-18/h3-8,11H,1-2,9-10H2,(H,19,20). The summed E-state index contributed by atoms with van der Waals surface area (Å²) in [5.41, 5.74) is 2.92. The highest BCUT2D eigenvalue weighted by Gasteiger charge is 2.13. The van der Waals surface area contributed by atoms with Gasteiger partial charge in [-0.25, -0.2) is 9.78 Å². The van der Waals surface area contributed by atoms with E-state index in [2.05, 4.69) is 22.0 Å². The van der Waals surface area contributed by atoms with Gasteiger partial charge in [0.15, 0.2) is 0 Å². The second-order valence-corrected chi connectivity index (χ2v) is 4.96. The largest absolute Gasteiger partial charge is 0.477 e. The lowest BCUT2D eigenvalue weighted by atomic mass is 10.1. The molecule has 0 radical (unpaired) electrons. The zero-order chi connectivity index (χ0) is 13.9. The summed E-state index contributed by atoms with van der Waals surface area (Å²) in [6.45, 7) is 2.18. The van der Waals surface area contributed by atoms with Crippen molar-refractivity contribution in [3.05, 3.63) is 48.2 Å². The number of carboxylic acid groups (broad SMARTS) is 1. The van der Waals surface area contributed by atoms with Crippen LogP contribution >= 0.6 is 0 Å². The third-order valence-corrected chi connectivity index (χ3v) is 3.58. The predicted molar refractivity (Wildman–Crippen MR) is 78.1 cm³/mol. The van der Waals surface area contributed by atoms with Crippen molar-refractivity contribution in [2.45, 2.75) is 12.8 Å². The summed E-state index contributed by atoms with van der Waals surface area (Å²) in [5, 5.41) is 9.01. The quantitative estimate of drug-likeness (QED) is 0.929. The van der Waals surface area contributed by atoms with Crippen LogP contribution in [0.2, 0.25) is 0 Å². The number of anilines is 1. The maximum atomic E-state index is 11.0. The molecule has 2 heterocycles.